The van der Waals surface area contributed by atoms with Gasteiger partial charge in [0.2, 0.25) is 0 Å². The van der Waals surface area contributed by atoms with Crippen LogP contribution in [0.4, 0.5) is 0 Å². The first-order chi connectivity index (χ1) is 14.3. The molecule has 0 radical (unpaired) electrons. The van der Waals surface area contributed by atoms with Crippen molar-refractivity contribution in [1.82, 2.24) is 35.5 Å². The molecule has 9 nitrogen and oxygen atoms in total. The Kier molecular flexibility index (Phi) is 5.19. The van der Waals surface area contributed by atoms with E-state index in [2.05, 4.69) is 35.5 Å². The third-order valence-corrected chi connectivity index (χ3v) is 4.20. The minimum atomic E-state index is -0.278. The number of benzene rings is 1. The number of amides is 1. The van der Waals surface area contributed by atoms with Crippen molar-refractivity contribution in [3.63, 3.8) is 0 Å². The summed E-state index contributed by atoms with van der Waals surface area (Å²) in [7, 11) is 1.53. The quantitative estimate of drug-likeness (QED) is 0.521. The summed E-state index contributed by atoms with van der Waals surface area (Å²) in [4.78, 5) is 29.1. The van der Waals surface area contributed by atoms with Gasteiger partial charge in [0.25, 0.3) is 5.91 Å². The molecule has 3 heterocycles. The fourth-order valence-electron chi connectivity index (χ4n) is 2.87. The van der Waals surface area contributed by atoms with Crippen LogP contribution < -0.4 is 10.1 Å². The molecule has 1 aromatic carbocycles. The monoisotopic (exact) mass is 387 g/mol. The molecule has 4 aromatic rings. The van der Waals surface area contributed by atoms with Crippen LogP contribution in [0.15, 0.2) is 49.3 Å². The molecule has 144 valence electrons. The number of fused-ring (bicyclic) bond motifs is 1. The van der Waals surface area contributed by atoms with Crippen molar-refractivity contribution in [2.75, 3.05) is 7.11 Å². The predicted octanol–water partition coefficient (Wildman–Crippen LogP) is 2.25. The highest BCUT2D eigenvalue weighted by molar-refractivity contribution is 6.05. The van der Waals surface area contributed by atoms with Crippen molar-refractivity contribution in [3.05, 3.63) is 72.0 Å². The summed E-state index contributed by atoms with van der Waals surface area (Å²) in [5, 5.41) is 10.8. The fourth-order valence-corrected chi connectivity index (χ4v) is 2.87. The van der Waals surface area contributed by atoms with E-state index in [4.69, 9.17) is 4.74 Å². The Morgan fingerprint density at radius 1 is 1.10 bits per heavy atom. The van der Waals surface area contributed by atoms with E-state index in [-0.39, 0.29) is 12.5 Å². The summed E-state index contributed by atoms with van der Waals surface area (Å²) in [5.74, 6) is 0.158. The van der Waals surface area contributed by atoms with Gasteiger partial charge in [0.15, 0.2) is 0 Å². The lowest BCUT2D eigenvalue weighted by atomic mass is 10.1. The molecule has 2 N–H and O–H groups in total. The smallest absolute Gasteiger partial charge is 0.255 e. The van der Waals surface area contributed by atoms with Gasteiger partial charge in [-0.15, -0.1) is 0 Å². The normalized spacial score (nSPS) is 11.1. The van der Waals surface area contributed by atoms with Crippen molar-refractivity contribution in [3.8, 4) is 5.75 Å². The molecule has 0 atom stereocenters. The maximum absolute atomic E-state index is 12.7. The second-order valence-corrected chi connectivity index (χ2v) is 6.02. The molecule has 3 aromatic heterocycles. The number of carbonyl (C=O) groups is 1. The highest BCUT2D eigenvalue weighted by atomic mass is 16.5. The zero-order chi connectivity index (χ0) is 20.1. The molecule has 0 spiro atoms. The third kappa shape index (κ3) is 3.93. The third-order valence-electron chi connectivity index (χ3n) is 4.20. The molecule has 29 heavy (non-hydrogen) atoms. The molecule has 0 aliphatic rings. The second-order valence-electron chi connectivity index (χ2n) is 6.02. The topological polar surface area (TPSA) is 119 Å². The van der Waals surface area contributed by atoms with Gasteiger partial charge in [-0.2, -0.15) is 5.10 Å². The first-order valence-corrected chi connectivity index (χ1v) is 8.78. The van der Waals surface area contributed by atoms with Crippen molar-refractivity contribution >= 4 is 29.0 Å². The van der Waals surface area contributed by atoms with E-state index in [0.29, 0.717) is 33.8 Å². The first kappa shape index (κ1) is 18.2. The largest absolute Gasteiger partial charge is 0.495 e. The van der Waals surface area contributed by atoms with E-state index in [0.717, 1.165) is 5.52 Å². The van der Waals surface area contributed by atoms with Crippen LogP contribution in [0.3, 0.4) is 0 Å². The van der Waals surface area contributed by atoms with Crippen LogP contribution in [-0.2, 0) is 6.54 Å². The van der Waals surface area contributed by atoms with Gasteiger partial charge in [-0.3, -0.25) is 29.8 Å². The van der Waals surface area contributed by atoms with Crippen molar-refractivity contribution < 1.29 is 9.53 Å². The van der Waals surface area contributed by atoms with Crippen molar-refractivity contribution in [1.29, 1.82) is 0 Å². The molecule has 0 saturated carbocycles. The van der Waals surface area contributed by atoms with Crippen LogP contribution in [0.5, 0.6) is 5.75 Å². The van der Waals surface area contributed by atoms with Crippen LogP contribution in [0, 0.1) is 0 Å². The van der Waals surface area contributed by atoms with E-state index >= 15 is 0 Å². The molecule has 0 bridgehead atoms. The molecule has 0 aliphatic carbocycles. The highest BCUT2D eigenvalue weighted by Gasteiger charge is 2.18. The van der Waals surface area contributed by atoms with E-state index in [1.807, 2.05) is 0 Å². The Labute approximate surface area is 165 Å². The average Bonchev–Trinajstić information content (AvgIpc) is 3.20. The zero-order valence-electron chi connectivity index (χ0n) is 15.5. The van der Waals surface area contributed by atoms with Crippen LogP contribution in [0.1, 0.15) is 27.4 Å². The molecule has 9 heteroatoms. The Hall–Kier alpha value is -4.14. The lowest BCUT2D eigenvalue weighted by molar-refractivity contribution is 0.0947. The number of carbonyl (C=O) groups excluding carboxylic acids is 1. The van der Waals surface area contributed by atoms with Gasteiger partial charge in [-0.1, -0.05) is 0 Å². The number of aromatic nitrogens is 6. The molecule has 0 unspecified atom stereocenters. The van der Waals surface area contributed by atoms with Crippen molar-refractivity contribution in [2.24, 2.45) is 0 Å². The SMILES string of the molecule is COc1c(C(=O)NCc2cnccn2)ccc2[nH]nc(/C=C/c3cnccn3)c12. The van der Waals surface area contributed by atoms with E-state index in [9.17, 15) is 4.79 Å². The molecule has 0 aliphatic heterocycles. The summed E-state index contributed by atoms with van der Waals surface area (Å²) in [6, 6.07) is 3.49. The standard InChI is InChI=1S/C20H17N7O2/c1-29-19-15(20(28)25-12-14-11-22-7-9-24-14)3-5-17-18(19)16(26-27-17)4-2-13-10-21-6-8-23-13/h2-11H,12H2,1H3,(H,25,28)(H,26,27)/b4-2+. The summed E-state index contributed by atoms with van der Waals surface area (Å²) in [6.07, 6.45) is 13.2. The number of hydrogen-bond donors (Lipinski definition) is 2. The highest BCUT2D eigenvalue weighted by Crippen LogP contribution is 2.32. The van der Waals surface area contributed by atoms with Gasteiger partial charge in [-0.25, -0.2) is 0 Å². The molecule has 0 saturated heterocycles. The number of aromatic amines is 1. The van der Waals surface area contributed by atoms with Gasteiger partial charge >= 0.3 is 0 Å². The molecular weight excluding hydrogens is 370 g/mol. The van der Waals surface area contributed by atoms with Crippen LogP contribution in [0.2, 0.25) is 0 Å². The maximum Gasteiger partial charge on any atom is 0.255 e. The molecule has 0 fully saturated rings. The second kappa shape index (κ2) is 8.26. The Morgan fingerprint density at radius 2 is 1.93 bits per heavy atom. The average molecular weight is 387 g/mol. The van der Waals surface area contributed by atoms with Crippen LogP contribution in [0.25, 0.3) is 23.1 Å². The lowest BCUT2D eigenvalue weighted by Crippen LogP contribution is -2.24. The van der Waals surface area contributed by atoms with E-state index in [1.165, 1.54) is 7.11 Å². The Balaban J connectivity index is 1.65. The summed E-state index contributed by atoms with van der Waals surface area (Å²) < 4.78 is 5.57. The number of ether oxygens (including phenoxy) is 1. The minimum Gasteiger partial charge on any atom is -0.495 e. The van der Waals surface area contributed by atoms with Gasteiger partial charge in [-0.05, 0) is 24.3 Å². The maximum atomic E-state index is 12.7. The molecule has 4 rings (SSSR count). The zero-order valence-corrected chi connectivity index (χ0v) is 15.5. The Morgan fingerprint density at radius 3 is 2.66 bits per heavy atom. The van der Waals surface area contributed by atoms with Gasteiger partial charge < -0.3 is 10.1 Å². The first-order valence-electron chi connectivity index (χ1n) is 8.78. The number of methoxy groups -OCH3 is 1. The number of H-pyrrole nitrogens is 1. The summed E-state index contributed by atoms with van der Waals surface area (Å²) in [5.41, 5.74) is 3.15. The summed E-state index contributed by atoms with van der Waals surface area (Å²) >= 11 is 0. The van der Waals surface area contributed by atoms with E-state index in [1.54, 1.807) is 61.5 Å². The van der Waals surface area contributed by atoms with Gasteiger partial charge in [0.05, 0.1) is 59.6 Å². The van der Waals surface area contributed by atoms with Crippen LogP contribution in [-0.4, -0.2) is 43.2 Å². The number of rotatable bonds is 6. The van der Waals surface area contributed by atoms with Gasteiger partial charge in [0.1, 0.15) is 5.75 Å². The molecule has 1 amide bonds. The van der Waals surface area contributed by atoms with Gasteiger partial charge in [0, 0.05) is 24.8 Å². The van der Waals surface area contributed by atoms with Crippen molar-refractivity contribution in [2.45, 2.75) is 6.54 Å². The number of nitrogens with one attached hydrogen (secondary N) is 2. The lowest BCUT2D eigenvalue weighted by Gasteiger charge is -2.10. The predicted molar refractivity (Wildman–Crippen MR) is 107 cm³/mol. The fraction of sp³-hybridized carbons (Fsp3) is 0.100. The minimum absolute atomic E-state index is 0.263. The Bertz CT molecular complexity index is 1160. The number of hydrogen-bond acceptors (Lipinski definition) is 7. The van der Waals surface area contributed by atoms with E-state index < -0.39 is 0 Å². The van der Waals surface area contributed by atoms with Crippen LogP contribution >= 0.6 is 0 Å². The number of nitrogens with zero attached hydrogens (tertiary/aromatic N) is 5. The summed E-state index contributed by atoms with van der Waals surface area (Å²) in [6.45, 7) is 0.263. The molecular formula is C20H17N7O2.